The second kappa shape index (κ2) is 7.96. The van der Waals surface area contributed by atoms with E-state index in [2.05, 4.69) is 29.4 Å². The zero-order valence-electron chi connectivity index (χ0n) is 15.9. The number of hydrogen-bond donors (Lipinski definition) is 2. The largest absolute Gasteiger partial charge is 0.372 e. The summed E-state index contributed by atoms with van der Waals surface area (Å²) >= 11 is 0. The molecule has 2 amide bonds. The second-order valence-corrected chi connectivity index (χ2v) is 6.84. The number of carbonyl (C=O) groups excluding carboxylic acids is 2. The molecule has 148 valence electrons. The van der Waals surface area contributed by atoms with Crippen LogP contribution in [0.2, 0.25) is 0 Å². The molecule has 1 saturated carbocycles. The molecule has 0 radical (unpaired) electrons. The highest BCUT2D eigenvalue weighted by molar-refractivity contribution is 6.16. The van der Waals surface area contributed by atoms with Crippen molar-refractivity contribution >= 4 is 28.9 Å². The van der Waals surface area contributed by atoms with Gasteiger partial charge in [0.25, 0.3) is 0 Å². The van der Waals surface area contributed by atoms with Gasteiger partial charge in [-0.15, -0.1) is 0 Å². The van der Waals surface area contributed by atoms with Crippen LogP contribution >= 0.6 is 0 Å². The Morgan fingerprint density at radius 3 is 1.93 bits per heavy atom. The molecule has 2 aromatic carbocycles. The Morgan fingerprint density at radius 1 is 0.893 bits per heavy atom. The van der Waals surface area contributed by atoms with E-state index in [4.69, 9.17) is 0 Å². The molecule has 1 fully saturated rings. The van der Waals surface area contributed by atoms with E-state index in [0.717, 1.165) is 30.9 Å². The Hall–Kier alpha value is -2.96. The van der Waals surface area contributed by atoms with Gasteiger partial charge in [0, 0.05) is 36.2 Å². The van der Waals surface area contributed by atoms with Crippen molar-refractivity contribution in [2.24, 2.45) is 5.41 Å². The van der Waals surface area contributed by atoms with Gasteiger partial charge in [-0.25, -0.2) is 8.78 Å². The van der Waals surface area contributed by atoms with Gasteiger partial charge in [0.15, 0.2) is 11.6 Å². The Kier molecular flexibility index (Phi) is 5.63. The third-order valence-corrected chi connectivity index (χ3v) is 5.05. The summed E-state index contributed by atoms with van der Waals surface area (Å²) in [6, 6.07) is 10.5. The van der Waals surface area contributed by atoms with E-state index >= 15 is 0 Å². The molecule has 2 N–H and O–H groups in total. The fourth-order valence-corrected chi connectivity index (χ4v) is 3.10. The fourth-order valence-electron chi connectivity index (χ4n) is 3.10. The Morgan fingerprint density at radius 2 is 1.43 bits per heavy atom. The molecule has 3 rings (SSSR count). The molecule has 0 aromatic heterocycles. The lowest BCUT2D eigenvalue weighted by atomic mass is 10.0. The average molecular weight is 387 g/mol. The average Bonchev–Trinajstić information content (AvgIpc) is 3.49. The molecule has 2 aromatic rings. The van der Waals surface area contributed by atoms with Crippen LogP contribution in [0.25, 0.3) is 0 Å². The normalized spacial score (nSPS) is 14.3. The highest BCUT2D eigenvalue weighted by Gasteiger charge is 2.56. The molecule has 0 spiro atoms. The van der Waals surface area contributed by atoms with E-state index in [1.54, 1.807) is 12.1 Å². The van der Waals surface area contributed by atoms with E-state index in [9.17, 15) is 18.4 Å². The predicted molar refractivity (Wildman–Crippen MR) is 105 cm³/mol. The Bertz CT molecular complexity index is 876. The first-order chi connectivity index (χ1) is 13.4. The molecule has 0 heterocycles. The summed E-state index contributed by atoms with van der Waals surface area (Å²) in [4.78, 5) is 27.4. The number of hydrogen-bond acceptors (Lipinski definition) is 3. The van der Waals surface area contributed by atoms with Gasteiger partial charge in [-0.2, -0.15) is 0 Å². The van der Waals surface area contributed by atoms with Crippen molar-refractivity contribution in [1.29, 1.82) is 0 Å². The van der Waals surface area contributed by atoms with Crippen molar-refractivity contribution in [2.75, 3.05) is 28.6 Å². The summed E-state index contributed by atoms with van der Waals surface area (Å²) in [5.74, 6) is -2.97. The Balaban J connectivity index is 1.66. The smallest absolute Gasteiger partial charge is 0.240 e. The number of amides is 2. The lowest BCUT2D eigenvalue weighted by molar-refractivity contribution is -0.131. The molecule has 7 heteroatoms. The van der Waals surface area contributed by atoms with Crippen LogP contribution < -0.4 is 15.5 Å². The molecule has 1 aliphatic carbocycles. The lowest BCUT2D eigenvalue weighted by Crippen LogP contribution is -2.35. The van der Waals surface area contributed by atoms with Crippen LogP contribution in [-0.4, -0.2) is 24.9 Å². The topological polar surface area (TPSA) is 61.4 Å². The maximum atomic E-state index is 13.3. The van der Waals surface area contributed by atoms with E-state index in [1.165, 1.54) is 6.07 Å². The van der Waals surface area contributed by atoms with Crippen LogP contribution in [0.3, 0.4) is 0 Å². The number of nitrogens with one attached hydrogen (secondary N) is 2. The molecule has 5 nitrogen and oxygen atoms in total. The van der Waals surface area contributed by atoms with Gasteiger partial charge in [0.05, 0.1) is 0 Å². The molecule has 0 bridgehead atoms. The SMILES string of the molecule is CCN(CC)c1ccc(NC(=O)C2(C(=O)Nc3ccc(F)c(F)c3)CC2)cc1. The molecule has 1 aliphatic rings. The van der Waals surface area contributed by atoms with Crippen molar-refractivity contribution in [3.8, 4) is 0 Å². The highest BCUT2D eigenvalue weighted by atomic mass is 19.2. The molecule has 0 unspecified atom stereocenters. The first-order valence-electron chi connectivity index (χ1n) is 9.32. The van der Waals surface area contributed by atoms with Crippen LogP contribution in [0.15, 0.2) is 42.5 Å². The van der Waals surface area contributed by atoms with Gasteiger partial charge >= 0.3 is 0 Å². The summed E-state index contributed by atoms with van der Waals surface area (Å²) in [5.41, 5.74) is 0.599. The van der Waals surface area contributed by atoms with Crippen LogP contribution in [0.4, 0.5) is 25.8 Å². The van der Waals surface area contributed by atoms with Gasteiger partial charge in [0.2, 0.25) is 11.8 Å². The zero-order valence-corrected chi connectivity index (χ0v) is 15.9. The van der Waals surface area contributed by atoms with E-state index in [-0.39, 0.29) is 5.69 Å². The minimum absolute atomic E-state index is 0.117. The number of anilines is 3. The summed E-state index contributed by atoms with van der Waals surface area (Å²) in [5, 5.41) is 5.29. The maximum Gasteiger partial charge on any atom is 0.240 e. The predicted octanol–water partition coefficient (Wildman–Crippen LogP) is 4.17. The third-order valence-electron chi connectivity index (χ3n) is 5.05. The standard InChI is InChI=1S/C21H23F2N3O2/c1-3-26(4-2)16-8-5-14(6-9-16)24-19(27)21(11-12-21)20(28)25-15-7-10-17(22)18(23)13-15/h5-10,13H,3-4,11-12H2,1-2H3,(H,24,27)(H,25,28). The molecular weight excluding hydrogens is 364 g/mol. The molecular formula is C21H23F2N3O2. The zero-order chi connectivity index (χ0) is 20.3. The summed E-state index contributed by atoms with van der Waals surface area (Å²) in [6.07, 6.45) is 0.817. The first kappa shape index (κ1) is 19.8. The quantitative estimate of drug-likeness (QED) is 0.701. The van der Waals surface area contributed by atoms with Gasteiger partial charge in [-0.3, -0.25) is 9.59 Å². The molecule has 0 aliphatic heterocycles. The monoisotopic (exact) mass is 387 g/mol. The van der Waals surface area contributed by atoms with Gasteiger partial charge in [-0.05, 0) is 63.1 Å². The van der Waals surface area contributed by atoms with Gasteiger partial charge in [0.1, 0.15) is 5.41 Å². The third kappa shape index (κ3) is 3.98. The van der Waals surface area contributed by atoms with Crippen LogP contribution in [0.5, 0.6) is 0 Å². The number of carbonyl (C=O) groups is 2. The van der Waals surface area contributed by atoms with Crippen LogP contribution in [0, 0.1) is 17.0 Å². The summed E-state index contributed by atoms with van der Waals surface area (Å²) in [7, 11) is 0. The number of rotatable bonds is 7. The summed E-state index contributed by atoms with van der Waals surface area (Å²) < 4.78 is 26.3. The minimum Gasteiger partial charge on any atom is -0.372 e. The van der Waals surface area contributed by atoms with Crippen LogP contribution in [-0.2, 0) is 9.59 Å². The second-order valence-electron chi connectivity index (χ2n) is 6.84. The number of nitrogens with zero attached hydrogens (tertiary/aromatic N) is 1. The number of halogens is 2. The lowest BCUT2D eigenvalue weighted by Gasteiger charge is -2.21. The van der Waals surface area contributed by atoms with E-state index in [0.29, 0.717) is 18.5 Å². The van der Waals surface area contributed by atoms with Crippen LogP contribution in [0.1, 0.15) is 26.7 Å². The summed E-state index contributed by atoms with van der Waals surface area (Å²) in [6.45, 7) is 5.91. The van der Waals surface area contributed by atoms with Crippen molar-refractivity contribution in [3.05, 3.63) is 54.1 Å². The first-order valence-corrected chi connectivity index (χ1v) is 9.32. The molecule has 28 heavy (non-hydrogen) atoms. The molecule has 0 saturated heterocycles. The highest BCUT2D eigenvalue weighted by Crippen LogP contribution is 2.47. The maximum absolute atomic E-state index is 13.3. The van der Waals surface area contributed by atoms with Gasteiger partial charge < -0.3 is 15.5 Å². The van der Waals surface area contributed by atoms with Crippen molar-refractivity contribution in [2.45, 2.75) is 26.7 Å². The number of benzene rings is 2. The van der Waals surface area contributed by atoms with E-state index in [1.807, 2.05) is 12.1 Å². The van der Waals surface area contributed by atoms with Crippen molar-refractivity contribution in [3.63, 3.8) is 0 Å². The van der Waals surface area contributed by atoms with Crippen molar-refractivity contribution in [1.82, 2.24) is 0 Å². The minimum atomic E-state index is -1.18. The van der Waals surface area contributed by atoms with E-state index < -0.39 is 28.9 Å². The fraction of sp³-hybridized carbons (Fsp3) is 0.333. The Labute approximate surface area is 162 Å². The molecule has 0 atom stereocenters. The van der Waals surface area contributed by atoms with Gasteiger partial charge in [-0.1, -0.05) is 0 Å². The van der Waals surface area contributed by atoms with Crippen molar-refractivity contribution < 1.29 is 18.4 Å².